The molecule has 2 rings (SSSR count). The zero-order valence-electron chi connectivity index (χ0n) is 8.62. The van der Waals surface area contributed by atoms with E-state index in [4.69, 9.17) is 5.11 Å². The van der Waals surface area contributed by atoms with Crippen molar-refractivity contribution in [3.8, 4) is 0 Å². The Bertz CT molecular complexity index is 404. The van der Waals surface area contributed by atoms with Crippen molar-refractivity contribution in [2.75, 3.05) is 5.75 Å². The summed E-state index contributed by atoms with van der Waals surface area (Å²) in [5.74, 6) is -0.663. The van der Waals surface area contributed by atoms with Crippen molar-refractivity contribution in [3.63, 3.8) is 0 Å². The van der Waals surface area contributed by atoms with Gasteiger partial charge < -0.3 is 10.0 Å². The summed E-state index contributed by atoms with van der Waals surface area (Å²) in [4.78, 5) is 24.0. The van der Waals surface area contributed by atoms with E-state index in [1.807, 2.05) is 16.8 Å². The van der Waals surface area contributed by atoms with Crippen LogP contribution in [0.15, 0.2) is 16.8 Å². The van der Waals surface area contributed by atoms with Crippen LogP contribution in [0.5, 0.6) is 0 Å². The number of rotatable bonds is 2. The molecule has 1 aliphatic heterocycles. The second kappa shape index (κ2) is 4.47. The Balaban J connectivity index is 2.28. The summed E-state index contributed by atoms with van der Waals surface area (Å²) >= 11 is 3.05. The number of amides is 1. The van der Waals surface area contributed by atoms with Gasteiger partial charge in [-0.2, -0.15) is 11.3 Å². The van der Waals surface area contributed by atoms with Crippen LogP contribution in [0.3, 0.4) is 0 Å². The molecule has 0 saturated carbocycles. The van der Waals surface area contributed by atoms with E-state index < -0.39 is 12.0 Å². The summed E-state index contributed by atoms with van der Waals surface area (Å²) in [6.07, 6.45) is 0. The van der Waals surface area contributed by atoms with Crippen LogP contribution in [-0.2, 0) is 9.59 Å². The lowest BCUT2D eigenvalue weighted by atomic mass is 10.2. The predicted octanol–water partition coefficient (Wildman–Crippen LogP) is 1.80. The van der Waals surface area contributed by atoms with E-state index in [0.29, 0.717) is 5.75 Å². The average Bonchev–Trinajstić information content (AvgIpc) is 2.85. The largest absolute Gasteiger partial charge is 0.480 e. The summed E-state index contributed by atoms with van der Waals surface area (Å²) in [6, 6.07) is 1.23. The molecule has 1 saturated heterocycles. The van der Waals surface area contributed by atoms with Crippen molar-refractivity contribution >= 4 is 35.0 Å². The zero-order chi connectivity index (χ0) is 11.7. The number of thioether (sulfide) groups is 1. The standard InChI is InChI=1S/C10H11NO3S2/c1-6(12)11-8(10(13)14)5-16-9(11)7-2-3-15-4-7/h2-4,8-9H,5H2,1H3,(H,13,14)/t8-,9-/m1/s1. The molecule has 0 spiro atoms. The Kier molecular flexibility index (Phi) is 3.20. The van der Waals surface area contributed by atoms with Gasteiger partial charge >= 0.3 is 5.97 Å². The van der Waals surface area contributed by atoms with Gasteiger partial charge in [0, 0.05) is 12.7 Å². The van der Waals surface area contributed by atoms with Crippen LogP contribution in [-0.4, -0.2) is 33.7 Å². The second-order valence-corrected chi connectivity index (χ2v) is 5.42. The first-order chi connectivity index (χ1) is 7.61. The van der Waals surface area contributed by atoms with Crippen LogP contribution in [0.1, 0.15) is 17.9 Å². The van der Waals surface area contributed by atoms with Gasteiger partial charge in [0.25, 0.3) is 0 Å². The van der Waals surface area contributed by atoms with E-state index in [1.165, 1.54) is 23.6 Å². The first kappa shape index (κ1) is 11.5. The van der Waals surface area contributed by atoms with Gasteiger partial charge in [-0.3, -0.25) is 4.79 Å². The maximum atomic E-state index is 11.5. The fourth-order valence-electron chi connectivity index (χ4n) is 1.75. The molecule has 86 valence electrons. The lowest BCUT2D eigenvalue weighted by molar-refractivity contribution is -0.148. The van der Waals surface area contributed by atoms with Gasteiger partial charge in [0.1, 0.15) is 11.4 Å². The number of hydrogen-bond donors (Lipinski definition) is 1. The summed E-state index contributed by atoms with van der Waals surface area (Å²) < 4.78 is 0. The maximum Gasteiger partial charge on any atom is 0.327 e. The first-order valence-corrected chi connectivity index (χ1v) is 6.76. The highest BCUT2D eigenvalue weighted by molar-refractivity contribution is 7.99. The van der Waals surface area contributed by atoms with E-state index in [0.717, 1.165) is 5.56 Å². The Labute approximate surface area is 101 Å². The third-order valence-electron chi connectivity index (χ3n) is 2.48. The monoisotopic (exact) mass is 257 g/mol. The number of carboxylic acid groups (broad SMARTS) is 1. The van der Waals surface area contributed by atoms with Crippen molar-refractivity contribution < 1.29 is 14.7 Å². The fraction of sp³-hybridized carbons (Fsp3) is 0.400. The van der Waals surface area contributed by atoms with Gasteiger partial charge in [-0.15, -0.1) is 11.8 Å². The Morgan fingerprint density at radius 3 is 2.81 bits per heavy atom. The highest BCUT2D eigenvalue weighted by Crippen LogP contribution is 2.41. The molecule has 16 heavy (non-hydrogen) atoms. The van der Waals surface area contributed by atoms with E-state index in [1.54, 1.807) is 11.3 Å². The smallest absolute Gasteiger partial charge is 0.327 e. The van der Waals surface area contributed by atoms with Crippen LogP contribution in [0, 0.1) is 0 Å². The number of carbonyl (C=O) groups is 2. The number of thiophene rings is 1. The molecule has 1 N–H and O–H groups in total. The third kappa shape index (κ3) is 1.94. The predicted molar refractivity (Wildman–Crippen MR) is 63.5 cm³/mol. The van der Waals surface area contributed by atoms with Crippen LogP contribution in [0.2, 0.25) is 0 Å². The minimum Gasteiger partial charge on any atom is -0.480 e. The number of aliphatic carboxylic acids is 1. The van der Waals surface area contributed by atoms with Gasteiger partial charge in [-0.05, 0) is 22.4 Å². The quantitative estimate of drug-likeness (QED) is 0.877. The average molecular weight is 257 g/mol. The van der Waals surface area contributed by atoms with Crippen molar-refractivity contribution in [1.29, 1.82) is 0 Å². The molecule has 4 nitrogen and oxygen atoms in total. The third-order valence-corrected chi connectivity index (χ3v) is 4.50. The van der Waals surface area contributed by atoms with Crippen molar-refractivity contribution in [3.05, 3.63) is 22.4 Å². The van der Waals surface area contributed by atoms with E-state index in [-0.39, 0.29) is 11.3 Å². The van der Waals surface area contributed by atoms with Crippen LogP contribution in [0.25, 0.3) is 0 Å². The number of carboxylic acids is 1. The van der Waals surface area contributed by atoms with Crippen LogP contribution >= 0.6 is 23.1 Å². The topological polar surface area (TPSA) is 57.6 Å². The van der Waals surface area contributed by atoms with Gasteiger partial charge in [0.2, 0.25) is 5.91 Å². The van der Waals surface area contributed by atoms with Crippen molar-refractivity contribution in [2.24, 2.45) is 0 Å². The van der Waals surface area contributed by atoms with Crippen molar-refractivity contribution in [2.45, 2.75) is 18.3 Å². The summed E-state index contributed by atoms with van der Waals surface area (Å²) in [5.41, 5.74) is 1.01. The van der Waals surface area contributed by atoms with Gasteiger partial charge in [-0.25, -0.2) is 4.79 Å². The molecular weight excluding hydrogens is 246 g/mol. The lowest BCUT2D eigenvalue weighted by Gasteiger charge is -2.25. The van der Waals surface area contributed by atoms with E-state index in [2.05, 4.69) is 0 Å². The summed E-state index contributed by atoms with van der Waals surface area (Å²) in [5, 5.41) is 12.8. The summed E-state index contributed by atoms with van der Waals surface area (Å²) in [6.45, 7) is 1.42. The molecule has 0 aromatic carbocycles. The number of nitrogens with zero attached hydrogens (tertiary/aromatic N) is 1. The molecule has 1 aromatic rings. The van der Waals surface area contributed by atoms with Crippen LogP contribution in [0.4, 0.5) is 0 Å². The van der Waals surface area contributed by atoms with E-state index >= 15 is 0 Å². The molecule has 2 heterocycles. The molecule has 0 radical (unpaired) electrons. The zero-order valence-corrected chi connectivity index (χ0v) is 10.3. The van der Waals surface area contributed by atoms with Crippen LogP contribution < -0.4 is 0 Å². The molecule has 1 fully saturated rings. The highest BCUT2D eigenvalue weighted by atomic mass is 32.2. The van der Waals surface area contributed by atoms with Gasteiger partial charge in [0.15, 0.2) is 0 Å². The molecule has 1 aliphatic rings. The normalized spacial score (nSPS) is 24.7. The molecule has 6 heteroatoms. The molecule has 1 aromatic heterocycles. The molecular formula is C10H11NO3S2. The van der Waals surface area contributed by atoms with E-state index in [9.17, 15) is 9.59 Å². The Hall–Kier alpha value is -1.01. The lowest BCUT2D eigenvalue weighted by Crippen LogP contribution is -2.41. The number of hydrogen-bond acceptors (Lipinski definition) is 4. The first-order valence-electron chi connectivity index (χ1n) is 4.76. The summed E-state index contributed by atoms with van der Waals surface area (Å²) in [7, 11) is 0. The maximum absolute atomic E-state index is 11.5. The second-order valence-electron chi connectivity index (χ2n) is 3.52. The minimum absolute atomic E-state index is 0.148. The Morgan fingerprint density at radius 1 is 1.56 bits per heavy atom. The molecule has 0 aliphatic carbocycles. The highest BCUT2D eigenvalue weighted by Gasteiger charge is 2.40. The van der Waals surface area contributed by atoms with Crippen molar-refractivity contribution in [1.82, 2.24) is 4.90 Å². The number of carbonyl (C=O) groups excluding carboxylic acids is 1. The molecule has 1 amide bonds. The molecule has 0 unspecified atom stereocenters. The molecule has 0 bridgehead atoms. The molecule has 2 atom stereocenters. The fourth-order valence-corrected chi connectivity index (χ4v) is 3.98. The van der Waals surface area contributed by atoms with Gasteiger partial charge in [0.05, 0.1) is 0 Å². The van der Waals surface area contributed by atoms with Gasteiger partial charge in [-0.1, -0.05) is 0 Å². The minimum atomic E-state index is -0.930. The SMILES string of the molecule is CC(=O)N1[C@@H](C(=O)O)CS[C@@H]1c1ccsc1. The Morgan fingerprint density at radius 2 is 2.31 bits per heavy atom.